The first kappa shape index (κ1) is 22.1. The molecular formula is C22H31N3O5S. The zero-order valence-corrected chi connectivity index (χ0v) is 18.8. The highest BCUT2D eigenvalue weighted by molar-refractivity contribution is 7.89. The number of rotatable bonds is 4. The Morgan fingerprint density at radius 2 is 1.77 bits per heavy atom. The lowest BCUT2D eigenvalue weighted by atomic mass is 9.96. The molecule has 4 rings (SSSR count). The van der Waals surface area contributed by atoms with E-state index in [0.29, 0.717) is 43.8 Å². The van der Waals surface area contributed by atoms with Crippen molar-refractivity contribution < 1.29 is 22.7 Å². The molecule has 0 spiro atoms. The number of sulfonamides is 1. The maximum atomic E-state index is 13.2. The number of nitrogens with one attached hydrogen (secondary N) is 1. The fourth-order valence-corrected chi connectivity index (χ4v) is 6.10. The van der Waals surface area contributed by atoms with Crippen LogP contribution in [-0.2, 0) is 19.6 Å². The van der Waals surface area contributed by atoms with Gasteiger partial charge in [-0.2, -0.15) is 4.31 Å². The second-order valence-electron chi connectivity index (χ2n) is 8.58. The summed E-state index contributed by atoms with van der Waals surface area (Å²) in [6.07, 6.45) is 5.51. The number of anilines is 1. The van der Waals surface area contributed by atoms with Crippen molar-refractivity contribution in [3.63, 3.8) is 0 Å². The van der Waals surface area contributed by atoms with Gasteiger partial charge in [0, 0.05) is 32.1 Å². The van der Waals surface area contributed by atoms with Crippen LogP contribution in [0.4, 0.5) is 5.69 Å². The van der Waals surface area contributed by atoms with E-state index in [9.17, 15) is 18.0 Å². The average Bonchev–Trinajstić information content (AvgIpc) is 3.07. The number of ether oxygens (including phenoxy) is 1. The predicted molar refractivity (Wildman–Crippen MR) is 116 cm³/mol. The number of carbonyl (C=O) groups excluding carboxylic acids is 2. The Morgan fingerprint density at radius 1 is 1.10 bits per heavy atom. The maximum absolute atomic E-state index is 13.2. The molecule has 0 aromatic heterocycles. The molecule has 2 amide bonds. The number of benzene rings is 1. The van der Waals surface area contributed by atoms with Gasteiger partial charge in [0.05, 0.1) is 10.6 Å². The number of amides is 2. The van der Waals surface area contributed by atoms with Crippen molar-refractivity contribution in [3.05, 3.63) is 18.2 Å². The van der Waals surface area contributed by atoms with Gasteiger partial charge in [0.15, 0.2) is 6.10 Å². The minimum Gasteiger partial charge on any atom is -0.478 e. The van der Waals surface area contributed by atoms with E-state index >= 15 is 0 Å². The molecule has 1 aromatic rings. The van der Waals surface area contributed by atoms with Crippen LogP contribution in [0.2, 0.25) is 0 Å². The van der Waals surface area contributed by atoms with Gasteiger partial charge in [-0.3, -0.25) is 9.59 Å². The SMILES string of the molecule is CCC1Oc2ccc(S(=O)(=O)N3CCC(C(=O)N4CCCCCC4)CC3)cc2NC1=O. The van der Waals surface area contributed by atoms with Gasteiger partial charge in [-0.1, -0.05) is 19.8 Å². The van der Waals surface area contributed by atoms with Gasteiger partial charge in [-0.15, -0.1) is 0 Å². The molecule has 1 unspecified atom stereocenters. The van der Waals surface area contributed by atoms with E-state index in [1.165, 1.54) is 29.3 Å². The summed E-state index contributed by atoms with van der Waals surface area (Å²) in [7, 11) is -3.71. The number of fused-ring (bicyclic) bond motifs is 1. The van der Waals surface area contributed by atoms with E-state index in [1.807, 2.05) is 11.8 Å². The molecule has 0 bridgehead atoms. The zero-order chi connectivity index (χ0) is 22.0. The molecule has 1 atom stereocenters. The van der Waals surface area contributed by atoms with Crippen molar-refractivity contribution in [2.75, 3.05) is 31.5 Å². The summed E-state index contributed by atoms with van der Waals surface area (Å²) in [6, 6.07) is 4.58. The van der Waals surface area contributed by atoms with E-state index < -0.39 is 16.1 Å². The van der Waals surface area contributed by atoms with Crippen LogP contribution < -0.4 is 10.1 Å². The van der Waals surface area contributed by atoms with Crippen LogP contribution >= 0.6 is 0 Å². The van der Waals surface area contributed by atoms with E-state index in [1.54, 1.807) is 6.07 Å². The molecule has 2 saturated heterocycles. The second-order valence-corrected chi connectivity index (χ2v) is 10.5. The molecule has 31 heavy (non-hydrogen) atoms. The molecule has 2 fully saturated rings. The first-order valence-corrected chi connectivity index (χ1v) is 12.7. The zero-order valence-electron chi connectivity index (χ0n) is 18.0. The van der Waals surface area contributed by atoms with Gasteiger partial charge in [0.2, 0.25) is 15.9 Å². The number of piperidine rings is 1. The molecule has 0 saturated carbocycles. The quantitative estimate of drug-likeness (QED) is 0.762. The van der Waals surface area contributed by atoms with Crippen LogP contribution in [-0.4, -0.2) is 61.7 Å². The molecule has 8 nitrogen and oxygen atoms in total. The summed E-state index contributed by atoms with van der Waals surface area (Å²) in [5, 5.41) is 2.74. The van der Waals surface area contributed by atoms with E-state index in [-0.39, 0.29) is 22.6 Å². The lowest BCUT2D eigenvalue weighted by Crippen LogP contribution is -2.44. The highest BCUT2D eigenvalue weighted by Crippen LogP contribution is 2.34. The lowest BCUT2D eigenvalue weighted by Gasteiger charge is -2.33. The van der Waals surface area contributed by atoms with Gasteiger partial charge < -0.3 is 15.0 Å². The Morgan fingerprint density at radius 3 is 2.42 bits per heavy atom. The molecule has 3 aliphatic rings. The molecule has 1 N–H and O–H groups in total. The predicted octanol–water partition coefficient (Wildman–Crippen LogP) is 2.60. The van der Waals surface area contributed by atoms with Gasteiger partial charge >= 0.3 is 0 Å². The number of carbonyl (C=O) groups is 2. The van der Waals surface area contributed by atoms with E-state index in [0.717, 1.165) is 25.9 Å². The minimum absolute atomic E-state index is 0.105. The van der Waals surface area contributed by atoms with Gasteiger partial charge in [-0.25, -0.2) is 8.42 Å². The van der Waals surface area contributed by atoms with E-state index in [2.05, 4.69) is 5.32 Å². The largest absolute Gasteiger partial charge is 0.478 e. The highest BCUT2D eigenvalue weighted by Gasteiger charge is 2.35. The Hall–Kier alpha value is -2.13. The summed E-state index contributed by atoms with van der Waals surface area (Å²) >= 11 is 0. The highest BCUT2D eigenvalue weighted by atomic mass is 32.2. The van der Waals surface area contributed by atoms with E-state index in [4.69, 9.17) is 4.74 Å². The monoisotopic (exact) mass is 449 g/mol. The van der Waals surface area contributed by atoms with Crippen LogP contribution in [0.15, 0.2) is 23.1 Å². The summed E-state index contributed by atoms with van der Waals surface area (Å²) in [5.41, 5.74) is 0.377. The van der Waals surface area contributed by atoms with Crippen molar-refractivity contribution in [1.29, 1.82) is 0 Å². The molecule has 3 heterocycles. The minimum atomic E-state index is -3.71. The van der Waals surface area contributed by atoms with Crippen LogP contribution in [0.5, 0.6) is 5.75 Å². The van der Waals surface area contributed by atoms with Crippen LogP contribution in [0, 0.1) is 5.92 Å². The molecule has 0 radical (unpaired) electrons. The van der Waals surface area contributed by atoms with Gasteiger partial charge in [0.1, 0.15) is 5.75 Å². The summed E-state index contributed by atoms with van der Waals surface area (Å²) in [5.74, 6) is 0.286. The second kappa shape index (κ2) is 9.16. The summed E-state index contributed by atoms with van der Waals surface area (Å²) in [6.45, 7) is 4.14. The third kappa shape index (κ3) is 4.57. The maximum Gasteiger partial charge on any atom is 0.265 e. The van der Waals surface area contributed by atoms with Gasteiger partial charge in [0.25, 0.3) is 5.91 Å². The third-order valence-corrected chi connectivity index (χ3v) is 8.39. The molecule has 170 valence electrons. The van der Waals surface area contributed by atoms with Crippen LogP contribution in [0.25, 0.3) is 0 Å². The molecular weight excluding hydrogens is 418 g/mol. The number of hydrogen-bond acceptors (Lipinski definition) is 5. The standard InChI is InChI=1S/C22H31N3O5S/c1-2-19-21(26)23-18-15-17(7-8-20(18)30-19)31(28,29)25-13-9-16(10-14-25)22(27)24-11-5-3-4-6-12-24/h7-8,15-16,19H,2-6,9-14H2,1H3,(H,23,26). The number of likely N-dealkylation sites (tertiary alicyclic amines) is 1. The summed E-state index contributed by atoms with van der Waals surface area (Å²) in [4.78, 5) is 27.0. The Bertz CT molecular complexity index is 932. The fourth-order valence-electron chi connectivity index (χ4n) is 4.60. The summed E-state index contributed by atoms with van der Waals surface area (Å²) < 4.78 is 33.4. The smallest absolute Gasteiger partial charge is 0.265 e. The molecule has 9 heteroatoms. The van der Waals surface area contributed by atoms with Gasteiger partial charge in [-0.05, 0) is 50.3 Å². The third-order valence-electron chi connectivity index (χ3n) is 6.50. The number of nitrogens with zero attached hydrogens (tertiary/aromatic N) is 2. The van der Waals surface area contributed by atoms with Crippen molar-refractivity contribution in [1.82, 2.24) is 9.21 Å². The lowest BCUT2D eigenvalue weighted by molar-refractivity contribution is -0.136. The topological polar surface area (TPSA) is 96.0 Å². The van der Waals surface area contributed by atoms with Crippen LogP contribution in [0.3, 0.4) is 0 Å². The Balaban J connectivity index is 1.42. The van der Waals surface area contributed by atoms with Crippen LogP contribution in [0.1, 0.15) is 51.9 Å². The molecule has 0 aliphatic carbocycles. The average molecular weight is 450 g/mol. The molecule has 1 aromatic carbocycles. The van der Waals surface area contributed by atoms with Crippen molar-refractivity contribution in [2.45, 2.75) is 62.9 Å². The Kier molecular flexibility index (Phi) is 6.52. The molecule has 3 aliphatic heterocycles. The van der Waals surface area contributed by atoms with Crippen molar-refractivity contribution in [2.24, 2.45) is 5.92 Å². The fraction of sp³-hybridized carbons (Fsp3) is 0.636. The first-order valence-electron chi connectivity index (χ1n) is 11.3. The van der Waals surface area contributed by atoms with Crippen molar-refractivity contribution in [3.8, 4) is 5.75 Å². The first-order chi connectivity index (χ1) is 14.9. The van der Waals surface area contributed by atoms with Crippen molar-refractivity contribution >= 4 is 27.5 Å². The Labute approximate surface area is 184 Å². The number of hydrogen-bond donors (Lipinski definition) is 1. The normalized spacial score (nSPS) is 23.5.